The summed E-state index contributed by atoms with van der Waals surface area (Å²) >= 11 is 0. The van der Waals surface area contributed by atoms with E-state index in [2.05, 4.69) is 15.1 Å². The van der Waals surface area contributed by atoms with Crippen LogP contribution in [0, 0.1) is 5.92 Å². The normalized spacial score (nSPS) is 17.0. The largest absolute Gasteiger partial charge is 0.466 e. The molecule has 146 valence electrons. The number of likely N-dealkylation sites (tertiary alicyclic amines) is 1. The molecule has 1 fully saturated rings. The smallest absolute Gasteiger partial charge is 0.310 e. The van der Waals surface area contributed by atoms with Gasteiger partial charge in [0, 0.05) is 13.1 Å². The number of aromatic nitrogens is 4. The number of anilines is 1. The highest BCUT2D eigenvalue weighted by molar-refractivity contribution is 5.93. The number of esters is 1. The summed E-state index contributed by atoms with van der Waals surface area (Å²) in [6, 6.07) is 3.46. The third kappa shape index (κ3) is 3.28. The van der Waals surface area contributed by atoms with E-state index in [1.807, 2.05) is 0 Å². The predicted molar refractivity (Wildman–Crippen MR) is 98.2 cm³/mol. The topological polar surface area (TPSA) is 129 Å². The highest BCUT2D eigenvalue weighted by Gasteiger charge is 2.30. The van der Waals surface area contributed by atoms with Crippen LogP contribution in [0.4, 0.5) is 5.82 Å². The monoisotopic (exact) mass is 384 g/mol. The summed E-state index contributed by atoms with van der Waals surface area (Å²) in [6.07, 6.45) is 4.43. The third-order valence-corrected chi connectivity index (χ3v) is 4.64. The van der Waals surface area contributed by atoms with Crippen molar-refractivity contribution in [2.24, 2.45) is 5.92 Å². The number of carbonyl (C=O) groups excluding carboxylic acids is 2. The Morgan fingerprint density at radius 2 is 2.25 bits per heavy atom. The van der Waals surface area contributed by atoms with Crippen LogP contribution in [0.15, 0.2) is 29.0 Å². The van der Waals surface area contributed by atoms with Gasteiger partial charge in [-0.25, -0.2) is 14.5 Å². The molecule has 1 amide bonds. The van der Waals surface area contributed by atoms with Gasteiger partial charge < -0.3 is 19.8 Å². The lowest BCUT2D eigenvalue weighted by atomic mass is 9.98. The Kier molecular flexibility index (Phi) is 4.68. The van der Waals surface area contributed by atoms with Crippen LogP contribution in [-0.4, -0.2) is 56.1 Å². The Hall–Kier alpha value is -3.43. The summed E-state index contributed by atoms with van der Waals surface area (Å²) in [6.45, 7) is 2.93. The van der Waals surface area contributed by atoms with Crippen molar-refractivity contribution in [3.8, 4) is 11.6 Å². The number of piperidine rings is 1. The number of hydrogen-bond donors (Lipinski definition) is 1. The third-order valence-electron chi connectivity index (χ3n) is 4.64. The maximum atomic E-state index is 12.9. The summed E-state index contributed by atoms with van der Waals surface area (Å²) < 4.78 is 11.8. The Morgan fingerprint density at radius 3 is 3.00 bits per heavy atom. The SMILES string of the molecule is CCOC(=O)C1CCCN(C(=O)c2cn3nc(-c4ccco4)nc3c(N)n2)C1. The number of fused-ring (bicyclic) bond motifs is 1. The number of nitrogen functional groups attached to an aromatic ring is 1. The average Bonchev–Trinajstić information content (AvgIpc) is 3.37. The number of nitrogens with two attached hydrogens (primary N) is 1. The molecule has 10 heteroatoms. The van der Waals surface area contributed by atoms with E-state index in [9.17, 15) is 9.59 Å². The van der Waals surface area contributed by atoms with Crippen LogP contribution in [0.25, 0.3) is 17.2 Å². The number of nitrogens with zero attached hydrogens (tertiary/aromatic N) is 5. The van der Waals surface area contributed by atoms with Crippen molar-refractivity contribution in [1.82, 2.24) is 24.5 Å². The molecular weight excluding hydrogens is 364 g/mol. The molecule has 1 aliphatic heterocycles. The molecule has 4 heterocycles. The zero-order chi connectivity index (χ0) is 19.7. The summed E-state index contributed by atoms with van der Waals surface area (Å²) in [5.41, 5.74) is 6.48. The Balaban J connectivity index is 1.59. The highest BCUT2D eigenvalue weighted by atomic mass is 16.5. The standard InChI is InChI=1S/C18H20N6O4/c1-2-27-18(26)11-5-3-7-23(9-11)17(25)12-10-24-16(14(19)20-12)21-15(22-24)13-6-4-8-28-13/h4,6,8,10-11H,2-3,5,7,9H2,1H3,(H2,19,20). The van der Waals surface area contributed by atoms with Crippen molar-refractivity contribution >= 4 is 23.3 Å². The second-order valence-corrected chi connectivity index (χ2v) is 6.53. The minimum atomic E-state index is -0.323. The summed E-state index contributed by atoms with van der Waals surface area (Å²) in [4.78, 5) is 35.1. The maximum absolute atomic E-state index is 12.9. The minimum Gasteiger partial charge on any atom is -0.466 e. The Morgan fingerprint density at radius 1 is 1.39 bits per heavy atom. The molecule has 28 heavy (non-hydrogen) atoms. The van der Waals surface area contributed by atoms with Crippen LogP contribution in [0.5, 0.6) is 0 Å². The van der Waals surface area contributed by atoms with Crippen molar-refractivity contribution in [1.29, 1.82) is 0 Å². The van der Waals surface area contributed by atoms with Gasteiger partial charge in [0.15, 0.2) is 17.2 Å². The van der Waals surface area contributed by atoms with Crippen molar-refractivity contribution in [2.75, 3.05) is 25.4 Å². The molecule has 1 saturated heterocycles. The van der Waals surface area contributed by atoms with Crippen LogP contribution >= 0.6 is 0 Å². The highest BCUT2D eigenvalue weighted by Crippen LogP contribution is 2.22. The summed E-state index contributed by atoms with van der Waals surface area (Å²) in [7, 11) is 0. The van der Waals surface area contributed by atoms with Gasteiger partial charge in [-0.1, -0.05) is 0 Å². The first-order valence-electron chi connectivity index (χ1n) is 9.09. The summed E-state index contributed by atoms with van der Waals surface area (Å²) in [5.74, 6) is 0.0263. The number of hydrogen-bond acceptors (Lipinski definition) is 8. The molecule has 1 aliphatic rings. The first kappa shape index (κ1) is 18.0. The fourth-order valence-corrected chi connectivity index (χ4v) is 3.30. The van der Waals surface area contributed by atoms with Crippen LogP contribution < -0.4 is 5.73 Å². The van der Waals surface area contributed by atoms with Gasteiger partial charge in [0.05, 0.1) is 25.0 Å². The fraction of sp³-hybridized carbons (Fsp3) is 0.389. The van der Waals surface area contributed by atoms with E-state index < -0.39 is 0 Å². The second kappa shape index (κ2) is 7.29. The molecule has 1 unspecified atom stereocenters. The molecule has 0 spiro atoms. The number of amides is 1. The van der Waals surface area contributed by atoms with Gasteiger partial charge in [0.1, 0.15) is 5.69 Å². The van der Waals surface area contributed by atoms with E-state index in [-0.39, 0.29) is 29.3 Å². The number of ether oxygens (including phenoxy) is 1. The van der Waals surface area contributed by atoms with E-state index in [0.29, 0.717) is 43.3 Å². The van der Waals surface area contributed by atoms with Crippen LogP contribution in [-0.2, 0) is 9.53 Å². The first-order valence-corrected chi connectivity index (χ1v) is 9.09. The van der Waals surface area contributed by atoms with Crippen LogP contribution in [0.2, 0.25) is 0 Å². The second-order valence-electron chi connectivity index (χ2n) is 6.53. The van der Waals surface area contributed by atoms with E-state index in [0.717, 1.165) is 6.42 Å². The van der Waals surface area contributed by atoms with Gasteiger partial charge in [-0.2, -0.15) is 0 Å². The minimum absolute atomic E-state index is 0.0927. The average molecular weight is 384 g/mol. The lowest BCUT2D eigenvalue weighted by Gasteiger charge is -2.31. The molecule has 3 aromatic rings. The molecule has 1 atom stereocenters. The van der Waals surface area contributed by atoms with Gasteiger partial charge in [-0.3, -0.25) is 9.59 Å². The van der Waals surface area contributed by atoms with Crippen molar-refractivity contribution in [2.45, 2.75) is 19.8 Å². The molecule has 0 radical (unpaired) electrons. The maximum Gasteiger partial charge on any atom is 0.310 e. The van der Waals surface area contributed by atoms with E-state index in [4.69, 9.17) is 14.9 Å². The summed E-state index contributed by atoms with van der Waals surface area (Å²) in [5, 5.41) is 4.32. The molecular formula is C18H20N6O4. The number of carbonyl (C=O) groups is 2. The van der Waals surface area contributed by atoms with Crippen LogP contribution in [0.1, 0.15) is 30.3 Å². The molecule has 0 bridgehead atoms. The lowest BCUT2D eigenvalue weighted by Crippen LogP contribution is -2.43. The molecule has 3 aromatic heterocycles. The molecule has 0 aliphatic carbocycles. The van der Waals surface area contributed by atoms with Crippen molar-refractivity contribution in [3.63, 3.8) is 0 Å². The lowest BCUT2D eigenvalue weighted by molar-refractivity contribution is -0.149. The molecule has 10 nitrogen and oxygen atoms in total. The zero-order valence-electron chi connectivity index (χ0n) is 15.4. The van der Waals surface area contributed by atoms with Gasteiger partial charge in [0.25, 0.3) is 5.91 Å². The molecule has 4 rings (SSSR count). The van der Waals surface area contributed by atoms with Gasteiger partial charge in [-0.15, -0.1) is 5.10 Å². The number of furan rings is 1. The zero-order valence-corrected chi connectivity index (χ0v) is 15.4. The molecule has 2 N–H and O–H groups in total. The van der Waals surface area contributed by atoms with Gasteiger partial charge >= 0.3 is 5.97 Å². The van der Waals surface area contributed by atoms with Crippen molar-refractivity contribution in [3.05, 3.63) is 30.3 Å². The van der Waals surface area contributed by atoms with Gasteiger partial charge in [-0.05, 0) is 31.9 Å². The van der Waals surface area contributed by atoms with E-state index in [1.165, 1.54) is 17.0 Å². The van der Waals surface area contributed by atoms with E-state index in [1.54, 1.807) is 24.0 Å². The van der Waals surface area contributed by atoms with Crippen LogP contribution in [0.3, 0.4) is 0 Å². The molecule has 0 saturated carbocycles. The van der Waals surface area contributed by atoms with Crippen molar-refractivity contribution < 1.29 is 18.7 Å². The predicted octanol–water partition coefficient (Wildman–Crippen LogP) is 1.38. The quantitative estimate of drug-likeness (QED) is 0.668. The Bertz CT molecular complexity index is 1010. The Labute approximate surface area is 160 Å². The van der Waals surface area contributed by atoms with Gasteiger partial charge in [0.2, 0.25) is 5.82 Å². The number of rotatable bonds is 4. The fourth-order valence-electron chi connectivity index (χ4n) is 3.30. The van der Waals surface area contributed by atoms with E-state index >= 15 is 0 Å². The molecule has 0 aromatic carbocycles. The first-order chi connectivity index (χ1) is 13.6.